The number of aliphatic hydroxyl groups is 1. The molecule has 0 aromatic heterocycles. The molecule has 4 nitrogen and oxygen atoms in total. The summed E-state index contributed by atoms with van der Waals surface area (Å²) in [7, 11) is 1.62. The van der Waals surface area contributed by atoms with E-state index in [4.69, 9.17) is 4.74 Å². The monoisotopic (exact) mass is 215 g/mol. The Hall–Kier alpha value is -0.610. The lowest BCUT2D eigenvalue weighted by Crippen LogP contribution is -2.43. The van der Waals surface area contributed by atoms with Crippen molar-refractivity contribution in [2.75, 3.05) is 13.7 Å². The standard InChI is InChI=1S/C11H21NO3/c1-11(2,15-3)7-12-10(14)8-5-4-6-9(8)13/h8-9,13H,4-7H2,1-3H3,(H,12,14). The molecule has 4 heteroatoms. The molecule has 0 saturated heterocycles. The molecule has 0 aliphatic heterocycles. The van der Waals surface area contributed by atoms with E-state index >= 15 is 0 Å². The first kappa shape index (κ1) is 12.5. The second-order valence-corrected chi connectivity index (χ2v) is 4.79. The van der Waals surface area contributed by atoms with Crippen molar-refractivity contribution < 1.29 is 14.6 Å². The van der Waals surface area contributed by atoms with E-state index in [-0.39, 0.29) is 17.4 Å². The lowest BCUT2D eigenvalue weighted by molar-refractivity contribution is -0.128. The zero-order chi connectivity index (χ0) is 11.5. The van der Waals surface area contributed by atoms with Crippen molar-refractivity contribution in [1.82, 2.24) is 5.32 Å². The molecule has 88 valence electrons. The fourth-order valence-corrected chi connectivity index (χ4v) is 1.75. The zero-order valence-corrected chi connectivity index (χ0v) is 9.75. The quantitative estimate of drug-likeness (QED) is 0.725. The molecular weight excluding hydrogens is 194 g/mol. The van der Waals surface area contributed by atoms with Crippen molar-refractivity contribution in [2.24, 2.45) is 5.92 Å². The summed E-state index contributed by atoms with van der Waals surface area (Å²) in [5, 5.41) is 12.4. The fourth-order valence-electron chi connectivity index (χ4n) is 1.75. The maximum absolute atomic E-state index is 11.7. The van der Waals surface area contributed by atoms with Crippen LogP contribution in [0.15, 0.2) is 0 Å². The third kappa shape index (κ3) is 3.47. The molecule has 0 heterocycles. The van der Waals surface area contributed by atoms with Gasteiger partial charge in [0.05, 0.1) is 17.6 Å². The van der Waals surface area contributed by atoms with Crippen molar-refractivity contribution >= 4 is 5.91 Å². The number of hydrogen-bond donors (Lipinski definition) is 2. The van der Waals surface area contributed by atoms with Gasteiger partial charge in [0.15, 0.2) is 0 Å². The van der Waals surface area contributed by atoms with E-state index in [2.05, 4.69) is 5.32 Å². The molecule has 1 saturated carbocycles. The average Bonchev–Trinajstić information content (AvgIpc) is 2.61. The maximum atomic E-state index is 11.7. The Balaban J connectivity index is 2.36. The van der Waals surface area contributed by atoms with Crippen LogP contribution in [0, 0.1) is 5.92 Å². The predicted octanol–water partition coefficient (Wildman–Crippen LogP) is 0.689. The van der Waals surface area contributed by atoms with Gasteiger partial charge in [0.2, 0.25) is 5.91 Å². The molecule has 1 aliphatic carbocycles. The molecule has 0 bridgehead atoms. The molecule has 0 radical (unpaired) electrons. The highest BCUT2D eigenvalue weighted by molar-refractivity contribution is 5.79. The van der Waals surface area contributed by atoms with Crippen LogP contribution in [0.5, 0.6) is 0 Å². The number of methoxy groups -OCH3 is 1. The van der Waals surface area contributed by atoms with E-state index in [9.17, 15) is 9.90 Å². The van der Waals surface area contributed by atoms with Crippen LogP contribution in [0.4, 0.5) is 0 Å². The lowest BCUT2D eigenvalue weighted by atomic mass is 10.0. The second-order valence-electron chi connectivity index (χ2n) is 4.79. The number of hydrogen-bond acceptors (Lipinski definition) is 3. The average molecular weight is 215 g/mol. The SMILES string of the molecule is COC(C)(C)CNC(=O)C1CCCC1O. The van der Waals surface area contributed by atoms with E-state index in [0.717, 1.165) is 19.3 Å². The number of carbonyl (C=O) groups is 1. The third-order valence-electron chi connectivity index (χ3n) is 3.06. The van der Waals surface area contributed by atoms with Gasteiger partial charge >= 0.3 is 0 Å². The van der Waals surface area contributed by atoms with Crippen LogP contribution in [0.1, 0.15) is 33.1 Å². The molecule has 1 aliphatic rings. The smallest absolute Gasteiger partial charge is 0.225 e. The highest BCUT2D eigenvalue weighted by atomic mass is 16.5. The molecule has 2 unspecified atom stereocenters. The Morgan fingerprint density at radius 1 is 1.53 bits per heavy atom. The van der Waals surface area contributed by atoms with E-state index in [1.54, 1.807) is 7.11 Å². The predicted molar refractivity (Wildman–Crippen MR) is 57.4 cm³/mol. The Bertz CT molecular complexity index is 228. The minimum atomic E-state index is -0.462. The summed E-state index contributed by atoms with van der Waals surface area (Å²) in [4.78, 5) is 11.7. The van der Waals surface area contributed by atoms with E-state index in [1.165, 1.54) is 0 Å². The van der Waals surface area contributed by atoms with Gasteiger partial charge in [-0.15, -0.1) is 0 Å². The zero-order valence-electron chi connectivity index (χ0n) is 9.75. The van der Waals surface area contributed by atoms with Crippen LogP contribution in [-0.2, 0) is 9.53 Å². The Morgan fingerprint density at radius 2 is 2.20 bits per heavy atom. The van der Waals surface area contributed by atoms with Crippen LogP contribution in [0.3, 0.4) is 0 Å². The first-order valence-electron chi connectivity index (χ1n) is 5.47. The van der Waals surface area contributed by atoms with Gasteiger partial charge in [-0.3, -0.25) is 4.79 Å². The van der Waals surface area contributed by atoms with Crippen LogP contribution in [0.25, 0.3) is 0 Å². The topological polar surface area (TPSA) is 58.6 Å². The molecule has 0 aromatic rings. The fraction of sp³-hybridized carbons (Fsp3) is 0.909. The number of aliphatic hydroxyl groups excluding tert-OH is 1. The second kappa shape index (κ2) is 4.94. The van der Waals surface area contributed by atoms with Crippen LogP contribution >= 0.6 is 0 Å². The van der Waals surface area contributed by atoms with Gasteiger partial charge in [-0.2, -0.15) is 0 Å². The summed E-state index contributed by atoms with van der Waals surface area (Å²) in [5.41, 5.74) is -0.348. The highest BCUT2D eigenvalue weighted by Gasteiger charge is 2.32. The largest absolute Gasteiger partial charge is 0.392 e. The number of nitrogens with one attached hydrogen (secondary N) is 1. The molecule has 1 fully saturated rings. The molecule has 15 heavy (non-hydrogen) atoms. The van der Waals surface area contributed by atoms with Gasteiger partial charge in [0, 0.05) is 13.7 Å². The Labute approximate surface area is 91.0 Å². The van der Waals surface area contributed by atoms with Gasteiger partial charge in [-0.25, -0.2) is 0 Å². The number of ether oxygens (including phenoxy) is 1. The lowest BCUT2D eigenvalue weighted by Gasteiger charge is -2.24. The summed E-state index contributed by atoms with van der Waals surface area (Å²) in [6, 6.07) is 0. The van der Waals surface area contributed by atoms with Crippen molar-refractivity contribution in [3.8, 4) is 0 Å². The van der Waals surface area contributed by atoms with Gasteiger partial charge in [-0.05, 0) is 33.1 Å². The number of rotatable bonds is 4. The molecule has 2 N–H and O–H groups in total. The van der Waals surface area contributed by atoms with Crippen LogP contribution in [-0.4, -0.2) is 36.4 Å². The van der Waals surface area contributed by atoms with E-state index in [0.29, 0.717) is 6.54 Å². The van der Waals surface area contributed by atoms with Gasteiger partial charge in [-0.1, -0.05) is 0 Å². The maximum Gasteiger partial charge on any atom is 0.225 e. The summed E-state index contributed by atoms with van der Waals surface area (Å²) in [6.45, 7) is 4.31. The first-order valence-corrected chi connectivity index (χ1v) is 5.47. The van der Waals surface area contributed by atoms with Crippen molar-refractivity contribution in [1.29, 1.82) is 0 Å². The molecule has 1 rings (SSSR count). The number of carbonyl (C=O) groups excluding carboxylic acids is 1. The molecular formula is C11H21NO3. The minimum absolute atomic E-state index is 0.0508. The normalized spacial score (nSPS) is 26.7. The Morgan fingerprint density at radius 3 is 2.67 bits per heavy atom. The molecule has 2 atom stereocenters. The molecule has 0 aromatic carbocycles. The van der Waals surface area contributed by atoms with Crippen LogP contribution < -0.4 is 5.32 Å². The van der Waals surface area contributed by atoms with E-state index < -0.39 is 6.10 Å². The summed E-state index contributed by atoms with van der Waals surface area (Å²) < 4.78 is 5.20. The number of amides is 1. The van der Waals surface area contributed by atoms with Crippen molar-refractivity contribution in [3.63, 3.8) is 0 Å². The molecule has 0 spiro atoms. The molecule has 1 amide bonds. The van der Waals surface area contributed by atoms with E-state index in [1.807, 2.05) is 13.8 Å². The Kier molecular flexibility index (Phi) is 4.11. The van der Waals surface area contributed by atoms with Crippen LogP contribution in [0.2, 0.25) is 0 Å². The third-order valence-corrected chi connectivity index (χ3v) is 3.06. The summed E-state index contributed by atoms with van der Waals surface area (Å²) in [6.07, 6.45) is 2.01. The highest BCUT2D eigenvalue weighted by Crippen LogP contribution is 2.25. The van der Waals surface area contributed by atoms with Crippen molar-refractivity contribution in [3.05, 3.63) is 0 Å². The van der Waals surface area contributed by atoms with Gasteiger partial charge in [0.1, 0.15) is 0 Å². The van der Waals surface area contributed by atoms with Gasteiger partial charge in [0.25, 0.3) is 0 Å². The minimum Gasteiger partial charge on any atom is -0.392 e. The summed E-state index contributed by atoms with van der Waals surface area (Å²) >= 11 is 0. The van der Waals surface area contributed by atoms with Gasteiger partial charge < -0.3 is 15.2 Å². The summed E-state index contributed by atoms with van der Waals surface area (Å²) in [5.74, 6) is -0.275. The first-order chi connectivity index (χ1) is 6.96. The van der Waals surface area contributed by atoms with Crippen molar-refractivity contribution in [2.45, 2.75) is 44.8 Å².